The lowest BCUT2D eigenvalue weighted by molar-refractivity contribution is 0.160. The van der Waals surface area contributed by atoms with E-state index in [-0.39, 0.29) is 6.10 Å². The van der Waals surface area contributed by atoms with Gasteiger partial charge in [0.2, 0.25) is 0 Å². The molecule has 0 spiro atoms. The van der Waals surface area contributed by atoms with Gasteiger partial charge in [0.15, 0.2) is 11.5 Å². The van der Waals surface area contributed by atoms with E-state index in [2.05, 4.69) is 0 Å². The van der Waals surface area contributed by atoms with Crippen LogP contribution in [0.3, 0.4) is 0 Å². The maximum absolute atomic E-state index is 9.81. The molecule has 17 heavy (non-hydrogen) atoms. The van der Waals surface area contributed by atoms with Crippen LogP contribution in [-0.2, 0) is 6.42 Å². The zero-order valence-corrected chi connectivity index (χ0v) is 9.89. The smallest absolute Gasteiger partial charge is 0.161 e. The lowest BCUT2D eigenvalue weighted by atomic mass is 10.0. The van der Waals surface area contributed by atoms with Crippen LogP contribution in [0.25, 0.3) is 0 Å². The van der Waals surface area contributed by atoms with E-state index in [0.717, 1.165) is 29.9 Å². The first-order chi connectivity index (χ1) is 8.29. The van der Waals surface area contributed by atoms with Crippen molar-refractivity contribution in [3.05, 3.63) is 23.8 Å². The topological polar surface area (TPSA) is 64.7 Å². The van der Waals surface area contributed by atoms with Gasteiger partial charge < -0.3 is 20.3 Å². The second-order valence-electron chi connectivity index (χ2n) is 4.27. The first kappa shape index (κ1) is 12.2. The molecule has 1 aromatic carbocycles. The van der Waals surface area contributed by atoms with Crippen LogP contribution < -0.4 is 15.2 Å². The molecule has 0 amide bonds. The largest absolute Gasteiger partial charge is 0.486 e. The van der Waals surface area contributed by atoms with Gasteiger partial charge in [-0.15, -0.1) is 0 Å². The van der Waals surface area contributed by atoms with E-state index in [1.165, 1.54) is 0 Å². The standard InChI is InChI=1S/C13H19NO3/c14-5-1-2-11(15)8-10-3-4-12-13(9-10)17-7-6-16-12/h3-4,9,11,15H,1-2,5-8,14H2. The molecular weight excluding hydrogens is 218 g/mol. The van der Waals surface area contributed by atoms with E-state index in [9.17, 15) is 5.11 Å². The van der Waals surface area contributed by atoms with Gasteiger partial charge in [-0.2, -0.15) is 0 Å². The minimum Gasteiger partial charge on any atom is -0.486 e. The van der Waals surface area contributed by atoms with Crippen molar-refractivity contribution in [3.63, 3.8) is 0 Å². The Bertz CT molecular complexity index is 368. The number of aliphatic hydroxyl groups excluding tert-OH is 1. The van der Waals surface area contributed by atoms with Gasteiger partial charge in [-0.25, -0.2) is 0 Å². The van der Waals surface area contributed by atoms with Crippen molar-refractivity contribution >= 4 is 0 Å². The molecule has 0 aromatic heterocycles. The molecule has 1 heterocycles. The van der Waals surface area contributed by atoms with Crippen molar-refractivity contribution in [3.8, 4) is 11.5 Å². The predicted molar refractivity (Wildman–Crippen MR) is 65.4 cm³/mol. The van der Waals surface area contributed by atoms with Crippen molar-refractivity contribution < 1.29 is 14.6 Å². The summed E-state index contributed by atoms with van der Waals surface area (Å²) in [6.45, 7) is 1.82. The fourth-order valence-corrected chi connectivity index (χ4v) is 1.94. The number of hydrogen-bond donors (Lipinski definition) is 2. The number of fused-ring (bicyclic) bond motifs is 1. The SMILES string of the molecule is NCCCC(O)Cc1ccc2c(c1)OCCO2. The lowest BCUT2D eigenvalue weighted by Crippen LogP contribution is -2.16. The molecule has 0 aliphatic carbocycles. The Morgan fingerprint density at radius 3 is 2.76 bits per heavy atom. The predicted octanol–water partition coefficient (Wildman–Crippen LogP) is 1.10. The molecule has 2 rings (SSSR count). The maximum Gasteiger partial charge on any atom is 0.161 e. The monoisotopic (exact) mass is 237 g/mol. The number of ether oxygens (including phenoxy) is 2. The Balaban J connectivity index is 1.97. The van der Waals surface area contributed by atoms with Gasteiger partial charge >= 0.3 is 0 Å². The molecule has 1 atom stereocenters. The first-order valence-corrected chi connectivity index (χ1v) is 6.06. The molecule has 0 saturated heterocycles. The number of aliphatic hydroxyl groups is 1. The van der Waals surface area contributed by atoms with Crippen LogP contribution in [-0.4, -0.2) is 31.0 Å². The van der Waals surface area contributed by atoms with Gasteiger partial charge in [0, 0.05) is 0 Å². The fraction of sp³-hybridized carbons (Fsp3) is 0.538. The summed E-state index contributed by atoms with van der Waals surface area (Å²) in [5.41, 5.74) is 6.48. The van der Waals surface area contributed by atoms with Gasteiger partial charge in [0.05, 0.1) is 6.10 Å². The van der Waals surface area contributed by atoms with Crippen LogP contribution in [0, 0.1) is 0 Å². The lowest BCUT2D eigenvalue weighted by Gasteiger charge is -2.19. The minimum atomic E-state index is -0.332. The highest BCUT2D eigenvalue weighted by Crippen LogP contribution is 2.31. The zero-order valence-electron chi connectivity index (χ0n) is 9.89. The molecule has 0 fully saturated rings. The number of benzene rings is 1. The summed E-state index contributed by atoms with van der Waals surface area (Å²) in [5, 5.41) is 9.81. The van der Waals surface area contributed by atoms with Gasteiger partial charge in [-0.3, -0.25) is 0 Å². The molecule has 1 unspecified atom stereocenters. The Morgan fingerprint density at radius 2 is 2.00 bits per heavy atom. The third-order valence-corrected chi connectivity index (χ3v) is 2.82. The summed E-state index contributed by atoms with van der Waals surface area (Å²) < 4.78 is 10.9. The third kappa shape index (κ3) is 3.35. The Labute approximate surface area is 101 Å². The van der Waals surface area contributed by atoms with Crippen molar-refractivity contribution in [1.82, 2.24) is 0 Å². The molecule has 1 aliphatic heterocycles. The molecule has 0 saturated carbocycles. The molecule has 3 N–H and O–H groups in total. The van der Waals surface area contributed by atoms with E-state index < -0.39 is 0 Å². The Morgan fingerprint density at radius 1 is 1.24 bits per heavy atom. The zero-order chi connectivity index (χ0) is 12.1. The highest BCUT2D eigenvalue weighted by atomic mass is 16.6. The minimum absolute atomic E-state index is 0.332. The second-order valence-corrected chi connectivity index (χ2v) is 4.27. The molecule has 94 valence electrons. The third-order valence-electron chi connectivity index (χ3n) is 2.82. The summed E-state index contributed by atoms with van der Waals surface area (Å²) >= 11 is 0. The van der Waals surface area contributed by atoms with Crippen molar-refractivity contribution in [2.24, 2.45) is 5.73 Å². The summed E-state index contributed by atoms with van der Waals surface area (Å²) in [6.07, 6.45) is 1.90. The number of hydrogen-bond acceptors (Lipinski definition) is 4. The summed E-state index contributed by atoms with van der Waals surface area (Å²) in [7, 11) is 0. The van der Waals surface area contributed by atoms with Crippen LogP contribution in [0.15, 0.2) is 18.2 Å². The molecular formula is C13H19NO3. The van der Waals surface area contributed by atoms with Gasteiger partial charge in [0.1, 0.15) is 13.2 Å². The quantitative estimate of drug-likeness (QED) is 0.805. The van der Waals surface area contributed by atoms with Crippen LogP contribution in [0.2, 0.25) is 0 Å². The fourth-order valence-electron chi connectivity index (χ4n) is 1.94. The molecule has 4 heteroatoms. The average molecular weight is 237 g/mol. The highest BCUT2D eigenvalue weighted by Gasteiger charge is 2.13. The van der Waals surface area contributed by atoms with Crippen LogP contribution in [0.5, 0.6) is 11.5 Å². The number of nitrogens with two attached hydrogens (primary N) is 1. The summed E-state index contributed by atoms with van der Waals surface area (Å²) in [5.74, 6) is 1.57. The van der Waals surface area contributed by atoms with Gasteiger partial charge in [-0.05, 0) is 43.5 Å². The molecule has 1 aromatic rings. The van der Waals surface area contributed by atoms with Crippen molar-refractivity contribution in [2.75, 3.05) is 19.8 Å². The van der Waals surface area contributed by atoms with Crippen LogP contribution >= 0.6 is 0 Å². The number of rotatable bonds is 5. The molecule has 1 aliphatic rings. The molecule has 4 nitrogen and oxygen atoms in total. The van der Waals surface area contributed by atoms with Crippen LogP contribution in [0.4, 0.5) is 0 Å². The van der Waals surface area contributed by atoms with Gasteiger partial charge in [-0.1, -0.05) is 6.07 Å². The Hall–Kier alpha value is -1.26. The van der Waals surface area contributed by atoms with Crippen molar-refractivity contribution in [2.45, 2.75) is 25.4 Å². The maximum atomic E-state index is 9.81. The normalized spacial score (nSPS) is 15.6. The van der Waals surface area contributed by atoms with E-state index in [0.29, 0.717) is 26.2 Å². The summed E-state index contributed by atoms with van der Waals surface area (Å²) in [6, 6.07) is 5.82. The highest BCUT2D eigenvalue weighted by molar-refractivity contribution is 5.43. The summed E-state index contributed by atoms with van der Waals surface area (Å²) in [4.78, 5) is 0. The van der Waals surface area contributed by atoms with E-state index in [1.54, 1.807) is 0 Å². The molecule has 0 bridgehead atoms. The average Bonchev–Trinajstić information content (AvgIpc) is 2.36. The Kier molecular flexibility index (Phi) is 4.23. The van der Waals surface area contributed by atoms with E-state index in [1.807, 2.05) is 18.2 Å². The second kappa shape index (κ2) is 5.89. The van der Waals surface area contributed by atoms with Crippen molar-refractivity contribution in [1.29, 1.82) is 0 Å². The van der Waals surface area contributed by atoms with E-state index >= 15 is 0 Å². The first-order valence-electron chi connectivity index (χ1n) is 6.06. The van der Waals surface area contributed by atoms with Crippen LogP contribution in [0.1, 0.15) is 18.4 Å². The van der Waals surface area contributed by atoms with Gasteiger partial charge in [0.25, 0.3) is 0 Å². The van der Waals surface area contributed by atoms with E-state index in [4.69, 9.17) is 15.2 Å². The molecule has 0 radical (unpaired) electrons.